The van der Waals surface area contributed by atoms with Gasteiger partial charge in [0.1, 0.15) is 5.82 Å². The van der Waals surface area contributed by atoms with Crippen LogP contribution in [-0.4, -0.2) is 42.0 Å². The van der Waals surface area contributed by atoms with Gasteiger partial charge in [0.2, 0.25) is 5.91 Å². The summed E-state index contributed by atoms with van der Waals surface area (Å²) in [6, 6.07) is 13.8. The maximum Gasteiger partial charge on any atom is 0.251 e. The van der Waals surface area contributed by atoms with E-state index < -0.39 is 11.5 Å². The average Bonchev–Trinajstić information content (AvgIpc) is 2.67. The van der Waals surface area contributed by atoms with Crippen LogP contribution >= 0.6 is 0 Å². The van der Waals surface area contributed by atoms with E-state index in [1.165, 1.54) is 12.1 Å². The standard InChI is InChI=1S/C21H23FN2O3/c1-2-19(25)24-9-10-27-21(14-24,20(23)26)13-15-5-3-6-16(11-15)17-7-4-8-18(22)12-17/h3-8,11-12H,2,9-10,13-14H2,1H3,(H2,23,26)/t21-/m0/s1. The van der Waals surface area contributed by atoms with Crippen LogP contribution in [0, 0.1) is 5.82 Å². The average molecular weight is 370 g/mol. The predicted octanol–water partition coefficient (Wildman–Crippen LogP) is 2.53. The number of nitrogens with zero attached hydrogens (tertiary/aromatic N) is 1. The smallest absolute Gasteiger partial charge is 0.251 e. The van der Waals surface area contributed by atoms with Crippen LogP contribution in [0.3, 0.4) is 0 Å². The van der Waals surface area contributed by atoms with Crippen molar-refractivity contribution < 1.29 is 18.7 Å². The fourth-order valence-electron chi connectivity index (χ4n) is 3.42. The Hall–Kier alpha value is -2.73. The second-order valence-corrected chi connectivity index (χ2v) is 6.76. The van der Waals surface area contributed by atoms with Gasteiger partial charge in [0.05, 0.1) is 13.2 Å². The summed E-state index contributed by atoms with van der Waals surface area (Å²) >= 11 is 0. The fourth-order valence-corrected chi connectivity index (χ4v) is 3.42. The summed E-state index contributed by atoms with van der Waals surface area (Å²) in [5, 5.41) is 0. The molecule has 1 fully saturated rings. The Morgan fingerprint density at radius 1 is 1.19 bits per heavy atom. The zero-order valence-electron chi connectivity index (χ0n) is 15.3. The third-order valence-electron chi connectivity index (χ3n) is 4.86. The molecule has 142 valence electrons. The molecule has 0 aliphatic carbocycles. The molecule has 1 saturated heterocycles. The van der Waals surface area contributed by atoms with Crippen molar-refractivity contribution in [3.63, 3.8) is 0 Å². The van der Waals surface area contributed by atoms with Gasteiger partial charge in [-0.1, -0.05) is 43.3 Å². The molecule has 0 bridgehead atoms. The molecule has 0 spiro atoms. The molecule has 0 unspecified atom stereocenters. The molecule has 2 amide bonds. The predicted molar refractivity (Wildman–Crippen MR) is 100 cm³/mol. The van der Waals surface area contributed by atoms with Crippen molar-refractivity contribution in [3.8, 4) is 11.1 Å². The highest BCUT2D eigenvalue weighted by molar-refractivity contribution is 5.86. The number of carbonyl (C=O) groups excluding carboxylic acids is 2. The van der Waals surface area contributed by atoms with Gasteiger partial charge in [0, 0.05) is 19.4 Å². The molecule has 2 aromatic rings. The maximum atomic E-state index is 13.5. The van der Waals surface area contributed by atoms with Gasteiger partial charge < -0.3 is 15.4 Å². The highest BCUT2D eigenvalue weighted by Gasteiger charge is 2.43. The Kier molecular flexibility index (Phi) is 5.56. The van der Waals surface area contributed by atoms with Gasteiger partial charge in [-0.25, -0.2) is 4.39 Å². The van der Waals surface area contributed by atoms with Gasteiger partial charge in [0.25, 0.3) is 5.91 Å². The van der Waals surface area contributed by atoms with Crippen LogP contribution < -0.4 is 5.73 Å². The molecule has 6 heteroatoms. The first-order chi connectivity index (χ1) is 12.9. The molecule has 1 atom stereocenters. The molecule has 0 saturated carbocycles. The number of ether oxygens (including phenoxy) is 1. The lowest BCUT2D eigenvalue weighted by molar-refractivity contribution is -0.163. The van der Waals surface area contributed by atoms with Crippen molar-refractivity contribution in [2.75, 3.05) is 19.7 Å². The monoisotopic (exact) mass is 370 g/mol. The molecular formula is C21H23FN2O3. The molecule has 1 aliphatic rings. The number of amides is 2. The van der Waals surface area contributed by atoms with Crippen molar-refractivity contribution in [2.45, 2.75) is 25.4 Å². The summed E-state index contributed by atoms with van der Waals surface area (Å²) in [6.07, 6.45) is 0.614. The van der Waals surface area contributed by atoms with Gasteiger partial charge in [-0.3, -0.25) is 9.59 Å². The quantitative estimate of drug-likeness (QED) is 0.879. The fraction of sp³-hybridized carbons (Fsp3) is 0.333. The van der Waals surface area contributed by atoms with Gasteiger partial charge >= 0.3 is 0 Å². The number of hydrogen-bond donors (Lipinski definition) is 1. The summed E-state index contributed by atoms with van der Waals surface area (Å²) in [4.78, 5) is 26.0. The van der Waals surface area contributed by atoms with Crippen molar-refractivity contribution in [2.24, 2.45) is 5.73 Å². The normalized spacial score (nSPS) is 19.7. The minimum absolute atomic E-state index is 0.0302. The molecule has 0 radical (unpaired) electrons. The van der Waals surface area contributed by atoms with Crippen molar-refractivity contribution in [1.29, 1.82) is 0 Å². The van der Waals surface area contributed by atoms with E-state index in [1.54, 1.807) is 17.9 Å². The van der Waals surface area contributed by atoms with Crippen LogP contribution in [0.4, 0.5) is 4.39 Å². The van der Waals surface area contributed by atoms with E-state index in [2.05, 4.69) is 0 Å². The molecule has 27 heavy (non-hydrogen) atoms. The van der Waals surface area contributed by atoms with Gasteiger partial charge in [-0.2, -0.15) is 0 Å². The second-order valence-electron chi connectivity index (χ2n) is 6.76. The Morgan fingerprint density at radius 2 is 1.89 bits per heavy atom. The number of nitrogens with two attached hydrogens (primary N) is 1. The second kappa shape index (κ2) is 7.88. The van der Waals surface area contributed by atoms with E-state index in [9.17, 15) is 14.0 Å². The van der Waals surface area contributed by atoms with Gasteiger partial charge in [-0.05, 0) is 28.8 Å². The van der Waals surface area contributed by atoms with Crippen molar-refractivity contribution in [1.82, 2.24) is 4.90 Å². The number of rotatable bonds is 5. The molecule has 3 rings (SSSR count). The molecule has 1 heterocycles. The first-order valence-corrected chi connectivity index (χ1v) is 9.00. The minimum atomic E-state index is -1.26. The number of benzene rings is 2. The Labute approximate surface area is 157 Å². The lowest BCUT2D eigenvalue weighted by Crippen LogP contribution is -2.61. The molecule has 2 aromatic carbocycles. The zero-order valence-corrected chi connectivity index (χ0v) is 15.3. The summed E-state index contributed by atoms with van der Waals surface area (Å²) in [7, 11) is 0. The van der Waals surface area contributed by atoms with E-state index in [1.807, 2.05) is 30.3 Å². The first-order valence-electron chi connectivity index (χ1n) is 9.00. The topological polar surface area (TPSA) is 72.6 Å². The summed E-state index contributed by atoms with van der Waals surface area (Å²) in [5.41, 5.74) is 6.83. The van der Waals surface area contributed by atoms with E-state index in [-0.39, 0.29) is 31.3 Å². The Bertz CT molecular complexity index is 855. The molecule has 2 N–H and O–H groups in total. The molecule has 0 aromatic heterocycles. The molecule has 5 nitrogen and oxygen atoms in total. The van der Waals surface area contributed by atoms with Crippen LogP contribution in [0.2, 0.25) is 0 Å². The largest absolute Gasteiger partial charge is 0.367 e. The van der Waals surface area contributed by atoms with Crippen LogP contribution in [0.25, 0.3) is 11.1 Å². The van der Waals surface area contributed by atoms with Gasteiger partial charge in [0.15, 0.2) is 5.60 Å². The number of hydrogen-bond acceptors (Lipinski definition) is 3. The number of carbonyl (C=O) groups is 2. The summed E-state index contributed by atoms with van der Waals surface area (Å²) in [5.74, 6) is -0.930. The molecular weight excluding hydrogens is 347 g/mol. The van der Waals surface area contributed by atoms with Crippen LogP contribution in [0.5, 0.6) is 0 Å². The zero-order chi connectivity index (χ0) is 19.4. The number of primary amides is 1. The van der Waals surface area contributed by atoms with E-state index in [4.69, 9.17) is 10.5 Å². The number of morpholine rings is 1. The Balaban J connectivity index is 1.88. The highest BCUT2D eigenvalue weighted by atomic mass is 19.1. The van der Waals surface area contributed by atoms with E-state index >= 15 is 0 Å². The first kappa shape index (κ1) is 19.0. The number of halogens is 1. The van der Waals surface area contributed by atoms with Crippen molar-refractivity contribution in [3.05, 3.63) is 59.9 Å². The maximum absolute atomic E-state index is 13.5. The van der Waals surface area contributed by atoms with Crippen LogP contribution in [-0.2, 0) is 20.7 Å². The third kappa shape index (κ3) is 4.17. The highest BCUT2D eigenvalue weighted by Crippen LogP contribution is 2.27. The summed E-state index contributed by atoms with van der Waals surface area (Å²) < 4.78 is 19.3. The minimum Gasteiger partial charge on any atom is -0.367 e. The lowest BCUT2D eigenvalue weighted by Gasteiger charge is -2.40. The van der Waals surface area contributed by atoms with Gasteiger partial charge in [-0.15, -0.1) is 0 Å². The molecule has 1 aliphatic heterocycles. The third-order valence-corrected chi connectivity index (χ3v) is 4.86. The van der Waals surface area contributed by atoms with E-state index in [0.717, 1.165) is 16.7 Å². The SMILES string of the molecule is CCC(=O)N1CCO[C@](Cc2cccc(-c3cccc(F)c3)c2)(C(N)=O)C1. The van der Waals surface area contributed by atoms with E-state index in [0.29, 0.717) is 13.0 Å². The lowest BCUT2D eigenvalue weighted by atomic mass is 9.90. The summed E-state index contributed by atoms with van der Waals surface area (Å²) in [6.45, 7) is 2.63. The van der Waals surface area contributed by atoms with Crippen LogP contribution in [0.15, 0.2) is 48.5 Å². The van der Waals surface area contributed by atoms with Crippen LogP contribution in [0.1, 0.15) is 18.9 Å². The van der Waals surface area contributed by atoms with Crippen molar-refractivity contribution >= 4 is 11.8 Å². The Morgan fingerprint density at radius 3 is 2.56 bits per heavy atom.